The van der Waals surface area contributed by atoms with Gasteiger partial charge < -0.3 is 10.6 Å². The van der Waals surface area contributed by atoms with E-state index in [1.165, 1.54) is 0 Å². The van der Waals surface area contributed by atoms with Gasteiger partial charge in [0, 0.05) is 22.6 Å². The summed E-state index contributed by atoms with van der Waals surface area (Å²) in [6, 6.07) is 5.96. The van der Waals surface area contributed by atoms with Gasteiger partial charge in [-0.2, -0.15) is 0 Å². The Balaban J connectivity index is 2.01. The zero-order valence-electron chi connectivity index (χ0n) is 9.92. The first-order valence-electron chi connectivity index (χ1n) is 5.94. The molecule has 1 fully saturated rings. The van der Waals surface area contributed by atoms with Crippen molar-refractivity contribution < 1.29 is 4.79 Å². The van der Waals surface area contributed by atoms with Crippen LogP contribution in [0.25, 0.3) is 0 Å². The van der Waals surface area contributed by atoms with Gasteiger partial charge in [-0.25, -0.2) is 0 Å². The fraction of sp³-hybridized carbons (Fsp3) is 0.462. The number of amides is 1. The summed E-state index contributed by atoms with van der Waals surface area (Å²) in [5.41, 5.74) is 1.86. The van der Waals surface area contributed by atoms with E-state index in [-0.39, 0.29) is 11.9 Å². The van der Waals surface area contributed by atoms with E-state index in [1.807, 2.05) is 25.1 Å². The molecule has 1 atom stereocenters. The molecule has 1 aromatic rings. The van der Waals surface area contributed by atoms with E-state index in [4.69, 9.17) is 0 Å². The lowest BCUT2D eigenvalue weighted by Crippen LogP contribution is -2.45. The number of hydrogen-bond donors (Lipinski definition) is 2. The summed E-state index contributed by atoms with van der Waals surface area (Å²) in [6.07, 6.45) is 2.19. The number of rotatable bonds is 2. The molecular formula is C13H17BrN2O. The van der Waals surface area contributed by atoms with Crippen molar-refractivity contribution in [3.8, 4) is 0 Å². The van der Waals surface area contributed by atoms with Gasteiger partial charge in [0.15, 0.2) is 0 Å². The molecule has 1 amide bonds. The third kappa shape index (κ3) is 3.30. The van der Waals surface area contributed by atoms with Crippen LogP contribution in [0, 0.1) is 6.92 Å². The zero-order chi connectivity index (χ0) is 12.3. The van der Waals surface area contributed by atoms with E-state index in [9.17, 15) is 4.79 Å². The normalized spacial score (nSPS) is 20.0. The minimum Gasteiger partial charge on any atom is -0.348 e. The van der Waals surface area contributed by atoms with Crippen LogP contribution < -0.4 is 10.6 Å². The first kappa shape index (κ1) is 12.6. The Hall–Kier alpha value is -0.870. The molecule has 0 bridgehead atoms. The third-order valence-electron chi connectivity index (χ3n) is 3.07. The summed E-state index contributed by atoms with van der Waals surface area (Å²) < 4.78 is 0.979. The summed E-state index contributed by atoms with van der Waals surface area (Å²) in [5, 5.41) is 6.35. The van der Waals surface area contributed by atoms with Crippen molar-refractivity contribution in [3.63, 3.8) is 0 Å². The molecule has 1 unspecified atom stereocenters. The second kappa shape index (κ2) is 5.65. The average molecular weight is 297 g/mol. The van der Waals surface area contributed by atoms with Crippen LogP contribution in [-0.2, 0) is 0 Å². The summed E-state index contributed by atoms with van der Waals surface area (Å²) in [4.78, 5) is 12.0. The van der Waals surface area contributed by atoms with Gasteiger partial charge in [-0.3, -0.25) is 4.79 Å². The fourth-order valence-corrected chi connectivity index (χ4v) is 2.36. The Morgan fingerprint density at radius 3 is 3.00 bits per heavy atom. The Bertz CT molecular complexity index is 414. The molecule has 1 saturated heterocycles. The Morgan fingerprint density at radius 1 is 1.53 bits per heavy atom. The van der Waals surface area contributed by atoms with Crippen molar-refractivity contribution in [1.29, 1.82) is 0 Å². The van der Waals surface area contributed by atoms with Gasteiger partial charge in [-0.1, -0.05) is 22.0 Å². The average Bonchev–Trinajstić information content (AvgIpc) is 2.34. The monoisotopic (exact) mass is 296 g/mol. The number of piperidine rings is 1. The van der Waals surface area contributed by atoms with E-state index in [2.05, 4.69) is 26.6 Å². The van der Waals surface area contributed by atoms with Crippen LogP contribution in [0.15, 0.2) is 22.7 Å². The van der Waals surface area contributed by atoms with Crippen molar-refractivity contribution in [3.05, 3.63) is 33.8 Å². The maximum Gasteiger partial charge on any atom is 0.251 e. The van der Waals surface area contributed by atoms with Crippen LogP contribution in [0.5, 0.6) is 0 Å². The Morgan fingerprint density at radius 2 is 2.35 bits per heavy atom. The highest BCUT2D eigenvalue weighted by Crippen LogP contribution is 2.17. The van der Waals surface area contributed by atoms with E-state index in [1.54, 1.807) is 0 Å². The first-order valence-corrected chi connectivity index (χ1v) is 6.74. The van der Waals surface area contributed by atoms with E-state index in [0.29, 0.717) is 5.56 Å². The van der Waals surface area contributed by atoms with Crippen molar-refractivity contribution in [2.75, 3.05) is 13.1 Å². The van der Waals surface area contributed by atoms with Crippen molar-refractivity contribution in [2.24, 2.45) is 0 Å². The van der Waals surface area contributed by atoms with Gasteiger partial charge in [-0.15, -0.1) is 0 Å². The van der Waals surface area contributed by atoms with Crippen molar-refractivity contribution in [1.82, 2.24) is 10.6 Å². The molecular weight excluding hydrogens is 280 g/mol. The van der Waals surface area contributed by atoms with E-state index >= 15 is 0 Å². The molecule has 2 N–H and O–H groups in total. The molecule has 17 heavy (non-hydrogen) atoms. The maximum absolute atomic E-state index is 12.0. The Kier molecular flexibility index (Phi) is 4.18. The quantitative estimate of drug-likeness (QED) is 0.879. The smallest absolute Gasteiger partial charge is 0.251 e. The van der Waals surface area contributed by atoms with Crippen LogP contribution in [0.1, 0.15) is 28.8 Å². The lowest BCUT2D eigenvalue weighted by Gasteiger charge is -2.23. The van der Waals surface area contributed by atoms with Crippen LogP contribution in [0.3, 0.4) is 0 Å². The predicted octanol–water partition coefficient (Wildman–Crippen LogP) is 2.24. The molecule has 2 rings (SSSR count). The first-order chi connectivity index (χ1) is 8.16. The van der Waals surface area contributed by atoms with Gasteiger partial charge in [0.25, 0.3) is 5.91 Å². The minimum atomic E-state index is 0.0133. The number of aryl methyl sites for hydroxylation is 1. The number of carbonyl (C=O) groups is 1. The molecule has 1 heterocycles. The topological polar surface area (TPSA) is 41.1 Å². The Labute approximate surface area is 110 Å². The molecule has 3 nitrogen and oxygen atoms in total. The van der Waals surface area contributed by atoms with Crippen molar-refractivity contribution >= 4 is 21.8 Å². The second-order valence-corrected chi connectivity index (χ2v) is 5.34. The number of carbonyl (C=O) groups excluding carboxylic acids is 1. The molecule has 4 heteroatoms. The van der Waals surface area contributed by atoms with Gasteiger partial charge >= 0.3 is 0 Å². The van der Waals surface area contributed by atoms with Gasteiger partial charge in [0.1, 0.15) is 0 Å². The van der Waals surface area contributed by atoms with Gasteiger partial charge in [0.05, 0.1) is 0 Å². The number of nitrogens with one attached hydrogen (secondary N) is 2. The summed E-state index contributed by atoms with van der Waals surface area (Å²) in [7, 11) is 0. The summed E-state index contributed by atoms with van der Waals surface area (Å²) in [5.74, 6) is 0.0133. The second-order valence-electron chi connectivity index (χ2n) is 4.48. The van der Waals surface area contributed by atoms with E-state index in [0.717, 1.165) is 36.0 Å². The lowest BCUT2D eigenvalue weighted by molar-refractivity contribution is 0.0930. The minimum absolute atomic E-state index is 0.0133. The summed E-state index contributed by atoms with van der Waals surface area (Å²) in [6.45, 7) is 3.94. The molecule has 0 saturated carbocycles. The highest BCUT2D eigenvalue weighted by Gasteiger charge is 2.16. The molecule has 1 aliphatic rings. The fourth-order valence-electron chi connectivity index (χ4n) is 1.98. The number of benzene rings is 1. The third-order valence-corrected chi connectivity index (χ3v) is 3.92. The SMILES string of the molecule is Cc1ccc(C(=O)NC2CCCNC2)cc1Br. The van der Waals surface area contributed by atoms with Gasteiger partial charge in [-0.05, 0) is 44.0 Å². The summed E-state index contributed by atoms with van der Waals surface area (Å²) >= 11 is 3.45. The highest BCUT2D eigenvalue weighted by atomic mass is 79.9. The molecule has 0 aromatic heterocycles. The molecule has 0 aliphatic carbocycles. The largest absolute Gasteiger partial charge is 0.348 e. The molecule has 0 spiro atoms. The zero-order valence-corrected chi connectivity index (χ0v) is 11.5. The van der Waals surface area contributed by atoms with Crippen LogP contribution in [0.2, 0.25) is 0 Å². The van der Waals surface area contributed by atoms with E-state index < -0.39 is 0 Å². The molecule has 92 valence electrons. The molecule has 1 aliphatic heterocycles. The maximum atomic E-state index is 12.0. The lowest BCUT2D eigenvalue weighted by atomic mass is 10.1. The predicted molar refractivity (Wildman–Crippen MR) is 72.2 cm³/mol. The highest BCUT2D eigenvalue weighted by molar-refractivity contribution is 9.10. The molecule has 1 aromatic carbocycles. The number of halogens is 1. The van der Waals surface area contributed by atoms with Gasteiger partial charge in [0.2, 0.25) is 0 Å². The van der Waals surface area contributed by atoms with Crippen LogP contribution in [0.4, 0.5) is 0 Å². The van der Waals surface area contributed by atoms with Crippen LogP contribution >= 0.6 is 15.9 Å². The van der Waals surface area contributed by atoms with Crippen LogP contribution in [-0.4, -0.2) is 25.0 Å². The standard InChI is InChI=1S/C13H17BrN2O/c1-9-4-5-10(7-12(9)14)13(17)16-11-3-2-6-15-8-11/h4-5,7,11,15H,2-3,6,8H2,1H3,(H,16,17). The van der Waals surface area contributed by atoms with Crippen molar-refractivity contribution in [2.45, 2.75) is 25.8 Å². The number of hydrogen-bond acceptors (Lipinski definition) is 2. The molecule has 0 radical (unpaired) electrons.